The molecule has 1 atom stereocenters. The largest absolute Gasteiger partial charge is 0.489 e. The average molecular weight is 326 g/mol. The normalized spacial score (nSPS) is 13.0. The molecule has 0 saturated carbocycles. The third-order valence-electron chi connectivity index (χ3n) is 2.68. The third-order valence-corrected chi connectivity index (χ3v) is 4.00. The van der Waals surface area contributed by atoms with Gasteiger partial charge < -0.3 is 4.74 Å². The number of hydrogen-bond donors (Lipinski definition) is 0. The predicted octanol–water partition coefficient (Wildman–Crippen LogP) is 3.09. The average Bonchev–Trinajstić information content (AvgIpc) is 2.34. The van der Waals surface area contributed by atoms with E-state index in [2.05, 4.69) is 0 Å². The van der Waals surface area contributed by atoms with Gasteiger partial charge in [0.2, 0.25) is 0 Å². The molecule has 112 valence electrons. The summed E-state index contributed by atoms with van der Waals surface area (Å²) in [6.45, 7) is 3.79. The van der Waals surface area contributed by atoms with Gasteiger partial charge in [-0.1, -0.05) is 20.3 Å². The van der Waals surface area contributed by atoms with E-state index in [1.54, 1.807) is 0 Å². The summed E-state index contributed by atoms with van der Waals surface area (Å²) in [5, 5.41) is 10.6. The summed E-state index contributed by atoms with van der Waals surface area (Å²) in [6, 6.07) is 1.27. The summed E-state index contributed by atoms with van der Waals surface area (Å²) < 4.78 is 41.7. The van der Waals surface area contributed by atoms with E-state index in [9.17, 15) is 22.9 Å². The van der Waals surface area contributed by atoms with Gasteiger partial charge in [0.05, 0.1) is 17.6 Å². The molecule has 0 saturated heterocycles. The Labute approximate surface area is 120 Å². The zero-order valence-electron chi connectivity index (χ0n) is 10.8. The summed E-state index contributed by atoms with van der Waals surface area (Å²) in [4.78, 5) is 8.97. The first-order chi connectivity index (χ1) is 9.16. The van der Waals surface area contributed by atoms with Crippen LogP contribution in [0.1, 0.15) is 20.3 Å². The molecule has 0 fully saturated rings. The number of ether oxygens (including phenoxy) is 1. The Kier molecular flexibility index (Phi) is 5.29. The molecule has 1 rings (SSSR count). The smallest absolute Gasteiger partial charge is 0.273 e. The van der Waals surface area contributed by atoms with Crippen LogP contribution in [0.15, 0.2) is 17.0 Å². The van der Waals surface area contributed by atoms with Crippen molar-refractivity contribution in [3.05, 3.63) is 28.1 Å². The Morgan fingerprint density at radius 1 is 1.50 bits per heavy atom. The van der Waals surface area contributed by atoms with Crippen molar-refractivity contribution in [2.24, 2.45) is 5.92 Å². The molecule has 0 radical (unpaired) electrons. The fraction of sp³-hybridized carbons (Fsp3) is 0.455. The lowest BCUT2D eigenvalue weighted by Gasteiger charge is -2.13. The van der Waals surface area contributed by atoms with Gasteiger partial charge in [-0.15, -0.1) is 0 Å². The number of hydrogen-bond acceptors (Lipinski definition) is 5. The summed E-state index contributed by atoms with van der Waals surface area (Å²) in [5.41, 5.74) is -0.711. The lowest BCUT2D eigenvalue weighted by atomic mass is 10.1. The first-order valence-electron chi connectivity index (χ1n) is 5.72. The van der Waals surface area contributed by atoms with Crippen LogP contribution in [0, 0.1) is 21.8 Å². The summed E-state index contributed by atoms with van der Waals surface area (Å²) in [6.07, 6.45) is 0.748. The first-order valence-corrected chi connectivity index (χ1v) is 8.03. The van der Waals surface area contributed by atoms with E-state index in [1.165, 1.54) is 0 Å². The van der Waals surface area contributed by atoms with Gasteiger partial charge in [0, 0.05) is 16.7 Å². The van der Waals surface area contributed by atoms with Crippen molar-refractivity contribution in [2.75, 3.05) is 6.61 Å². The van der Waals surface area contributed by atoms with Crippen LogP contribution >= 0.6 is 10.7 Å². The second-order valence-corrected chi connectivity index (χ2v) is 6.81. The molecule has 1 aromatic rings. The Morgan fingerprint density at radius 3 is 2.55 bits per heavy atom. The van der Waals surface area contributed by atoms with Crippen LogP contribution in [0.25, 0.3) is 0 Å². The molecule has 0 heterocycles. The highest BCUT2D eigenvalue weighted by Crippen LogP contribution is 2.34. The number of rotatable bonds is 6. The number of non-ortho nitro benzene ring substituents is 1. The maximum atomic E-state index is 13.8. The maximum absolute atomic E-state index is 13.8. The molecule has 0 spiro atoms. The van der Waals surface area contributed by atoms with Crippen molar-refractivity contribution in [2.45, 2.75) is 25.2 Å². The van der Waals surface area contributed by atoms with E-state index in [-0.39, 0.29) is 12.5 Å². The SMILES string of the molecule is CCC(C)COc1c(F)cc([N+](=O)[O-])cc1S(=O)(=O)Cl. The molecule has 1 unspecified atom stereocenters. The van der Waals surface area contributed by atoms with Gasteiger partial charge in [-0.3, -0.25) is 10.1 Å². The predicted molar refractivity (Wildman–Crippen MR) is 71.0 cm³/mol. The molecule has 9 heteroatoms. The van der Waals surface area contributed by atoms with E-state index in [4.69, 9.17) is 15.4 Å². The minimum Gasteiger partial charge on any atom is -0.489 e. The standard InChI is InChI=1S/C11H13ClFNO5S/c1-3-7(2)6-19-11-9(13)4-8(14(15)16)5-10(11)20(12,17)18/h4-5,7H,3,6H2,1-2H3. The van der Waals surface area contributed by atoms with Gasteiger partial charge in [0.25, 0.3) is 14.7 Å². The van der Waals surface area contributed by atoms with Crippen LogP contribution in [0.4, 0.5) is 10.1 Å². The summed E-state index contributed by atoms with van der Waals surface area (Å²) in [5.74, 6) is -1.66. The quantitative estimate of drug-likeness (QED) is 0.455. The molecule has 0 N–H and O–H groups in total. The Hall–Kier alpha value is -1.41. The molecule has 0 aliphatic rings. The highest BCUT2D eigenvalue weighted by atomic mass is 35.7. The van der Waals surface area contributed by atoms with Crippen LogP contribution in [0.5, 0.6) is 5.75 Å². The molecule has 1 aromatic carbocycles. The van der Waals surface area contributed by atoms with E-state index >= 15 is 0 Å². The lowest BCUT2D eigenvalue weighted by Crippen LogP contribution is -2.11. The number of nitro groups is 1. The Morgan fingerprint density at radius 2 is 2.10 bits per heavy atom. The lowest BCUT2D eigenvalue weighted by molar-refractivity contribution is -0.385. The van der Waals surface area contributed by atoms with Crippen molar-refractivity contribution in [3.63, 3.8) is 0 Å². The maximum Gasteiger partial charge on any atom is 0.273 e. The molecular formula is C11H13ClFNO5S. The van der Waals surface area contributed by atoms with E-state index in [1.807, 2.05) is 13.8 Å². The highest BCUT2D eigenvalue weighted by Gasteiger charge is 2.26. The minimum atomic E-state index is -4.36. The number of benzene rings is 1. The molecule has 6 nitrogen and oxygen atoms in total. The van der Waals surface area contributed by atoms with Crippen LogP contribution in [-0.4, -0.2) is 19.9 Å². The molecular weight excluding hydrogens is 313 g/mol. The van der Waals surface area contributed by atoms with E-state index in [0.717, 1.165) is 6.42 Å². The molecule has 0 bridgehead atoms. The van der Waals surface area contributed by atoms with E-state index in [0.29, 0.717) is 12.1 Å². The van der Waals surface area contributed by atoms with Crippen molar-refractivity contribution in [1.82, 2.24) is 0 Å². The van der Waals surface area contributed by atoms with Crippen molar-refractivity contribution in [1.29, 1.82) is 0 Å². The fourth-order valence-corrected chi connectivity index (χ4v) is 2.31. The zero-order valence-corrected chi connectivity index (χ0v) is 12.4. The molecule has 0 aromatic heterocycles. The van der Waals surface area contributed by atoms with E-state index < -0.39 is 36.1 Å². The van der Waals surface area contributed by atoms with Gasteiger partial charge in [-0.25, -0.2) is 12.8 Å². The topological polar surface area (TPSA) is 86.5 Å². The van der Waals surface area contributed by atoms with Crippen molar-refractivity contribution >= 4 is 25.4 Å². The van der Waals surface area contributed by atoms with Crippen LogP contribution < -0.4 is 4.74 Å². The van der Waals surface area contributed by atoms with Gasteiger partial charge in [0.1, 0.15) is 4.90 Å². The summed E-state index contributed by atoms with van der Waals surface area (Å²) >= 11 is 0. The number of nitro benzene ring substituents is 1. The van der Waals surface area contributed by atoms with Gasteiger partial charge >= 0.3 is 0 Å². The first kappa shape index (κ1) is 16.6. The Balaban J connectivity index is 3.31. The van der Waals surface area contributed by atoms with Gasteiger partial charge in [-0.2, -0.15) is 0 Å². The van der Waals surface area contributed by atoms with Crippen LogP contribution in [0.2, 0.25) is 0 Å². The fourth-order valence-electron chi connectivity index (χ4n) is 1.32. The highest BCUT2D eigenvalue weighted by molar-refractivity contribution is 8.13. The molecule has 20 heavy (non-hydrogen) atoms. The molecule has 0 amide bonds. The number of halogens is 2. The zero-order chi connectivity index (χ0) is 15.5. The Bertz CT molecular complexity index is 619. The van der Waals surface area contributed by atoms with Gasteiger partial charge in [-0.05, 0) is 5.92 Å². The third kappa shape index (κ3) is 4.04. The van der Waals surface area contributed by atoms with Crippen LogP contribution in [-0.2, 0) is 9.05 Å². The van der Waals surface area contributed by atoms with Crippen LogP contribution in [0.3, 0.4) is 0 Å². The molecule has 0 aliphatic heterocycles. The van der Waals surface area contributed by atoms with Crippen molar-refractivity contribution < 1.29 is 22.5 Å². The molecule has 0 aliphatic carbocycles. The second kappa shape index (κ2) is 6.36. The summed E-state index contributed by atoms with van der Waals surface area (Å²) in [7, 11) is 0.801. The van der Waals surface area contributed by atoms with Crippen molar-refractivity contribution in [3.8, 4) is 5.75 Å². The van der Waals surface area contributed by atoms with Gasteiger partial charge in [0.15, 0.2) is 11.6 Å². The minimum absolute atomic E-state index is 0.0653. The monoisotopic (exact) mass is 325 g/mol. The second-order valence-electron chi connectivity index (χ2n) is 4.27. The number of nitrogens with zero attached hydrogens (tertiary/aromatic N) is 1.